The van der Waals surface area contributed by atoms with E-state index >= 15 is 0 Å². The molecule has 0 aliphatic rings. The fraction of sp³-hybridized carbons (Fsp3) is 0.412. The topological polar surface area (TPSA) is 120 Å². The van der Waals surface area contributed by atoms with Crippen LogP contribution < -0.4 is 20.5 Å². The van der Waals surface area contributed by atoms with Crippen LogP contribution in [0.2, 0.25) is 0 Å². The quantitative estimate of drug-likeness (QED) is 0.0628. The van der Waals surface area contributed by atoms with Crippen LogP contribution >= 0.6 is 0 Å². The summed E-state index contributed by atoms with van der Waals surface area (Å²) in [6.07, 6.45) is 4.99. The van der Waals surface area contributed by atoms with Crippen LogP contribution in [0.5, 0.6) is 11.5 Å². The Labute approximate surface area is 249 Å². The molecule has 0 amide bonds. The van der Waals surface area contributed by atoms with E-state index in [1.54, 1.807) is 93.6 Å². The van der Waals surface area contributed by atoms with Crippen LogP contribution in [0.4, 0.5) is 5.69 Å². The lowest BCUT2D eigenvalue weighted by atomic mass is 10.0. The van der Waals surface area contributed by atoms with Gasteiger partial charge in [-0.15, -0.1) is 0 Å². The van der Waals surface area contributed by atoms with Crippen molar-refractivity contribution in [2.24, 2.45) is 0 Å². The summed E-state index contributed by atoms with van der Waals surface area (Å²) < 4.78 is 16.9. The van der Waals surface area contributed by atoms with Crippen molar-refractivity contribution in [1.29, 1.82) is 0 Å². The highest BCUT2D eigenvalue weighted by Gasteiger charge is 2.27. The zero-order valence-corrected chi connectivity index (χ0v) is 25.1. The number of carbonyl (C=O) groups excluding carboxylic acids is 2. The molecule has 0 saturated heterocycles. The molecule has 3 aromatic carbocycles. The molecule has 0 heterocycles. The lowest BCUT2D eigenvalue weighted by Crippen LogP contribution is -2.44. The summed E-state index contributed by atoms with van der Waals surface area (Å²) >= 11 is 0. The Bertz CT molecular complexity index is 1250. The molecule has 226 valence electrons. The second kappa shape index (κ2) is 15.9. The minimum Gasteiger partial charge on any atom is -0.494 e. The lowest BCUT2D eigenvalue weighted by Gasteiger charge is -2.26. The maximum absolute atomic E-state index is 13.0. The van der Waals surface area contributed by atoms with Gasteiger partial charge in [0.1, 0.15) is 29.4 Å². The fourth-order valence-electron chi connectivity index (χ4n) is 4.23. The van der Waals surface area contributed by atoms with Gasteiger partial charge in [0.2, 0.25) is 0 Å². The molecule has 42 heavy (non-hydrogen) atoms. The Balaban J connectivity index is 1.58. The molecule has 0 fully saturated rings. The number of unbranched alkanes of at least 4 members (excludes halogenated alkanes) is 4. The maximum Gasteiger partial charge on any atom is 0.343 e. The van der Waals surface area contributed by atoms with E-state index in [1.165, 1.54) is 19.3 Å². The number of benzene rings is 3. The van der Waals surface area contributed by atoms with Crippen molar-refractivity contribution < 1.29 is 28.9 Å². The summed E-state index contributed by atoms with van der Waals surface area (Å²) in [4.78, 5) is 25.7. The molecular weight excluding hydrogens is 532 g/mol. The summed E-state index contributed by atoms with van der Waals surface area (Å²) in [5.41, 5.74) is 7.41. The molecule has 0 radical (unpaired) electrons. The van der Waals surface area contributed by atoms with E-state index in [-0.39, 0.29) is 6.42 Å². The van der Waals surface area contributed by atoms with Crippen LogP contribution in [0.25, 0.3) is 0 Å². The Morgan fingerprint density at radius 3 is 2.10 bits per heavy atom. The third-order valence-electron chi connectivity index (χ3n) is 6.48. The molecule has 0 aliphatic carbocycles. The third-order valence-corrected chi connectivity index (χ3v) is 6.48. The first kappa shape index (κ1) is 32.6. The van der Waals surface area contributed by atoms with Crippen molar-refractivity contribution in [3.63, 3.8) is 0 Å². The highest BCUT2D eigenvalue weighted by molar-refractivity contribution is 5.91. The SMILES string of the molecule is CCCCCCCOc1ccc(C(=O)Oc2ccc(CC(NC(O)c3ccc(N)cc3)C(=O)OC(C)(C)C)cc2)cc1. The second-order valence-electron chi connectivity index (χ2n) is 11.3. The number of aliphatic hydroxyl groups is 1. The highest BCUT2D eigenvalue weighted by atomic mass is 16.6. The number of nitrogen functional groups attached to an aromatic ring is 1. The van der Waals surface area contributed by atoms with Crippen LogP contribution in [0.3, 0.4) is 0 Å². The molecule has 2 atom stereocenters. The van der Waals surface area contributed by atoms with Crippen molar-refractivity contribution in [2.45, 2.75) is 84.1 Å². The first-order valence-corrected chi connectivity index (χ1v) is 14.6. The van der Waals surface area contributed by atoms with E-state index in [0.717, 1.165) is 24.2 Å². The molecule has 2 unspecified atom stereocenters. The maximum atomic E-state index is 13.0. The summed E-state index contributed by atoms with van der Waals surface area (Å²) in [6, 6.07) is 19.7. The first-order chi connectivity index (χ1) is 20.0. The average molecular weight is 577 g/mol. The Morgan fingerprint density at radius 1 is 0.857 bits per heavy atom. The van der Waals surface area contributed by atoms with Crippen LogP contribution in [0, 0.1) is 0 Å². The highest BCUT2D eigenvalue weighted by Crippen LogP contribution is 2.20. The Morgan fingerprint density at radius 2 is 1.48 bits per heavy atom. The van der Waals surface area contributed by atoms with Gasteiger partial charge in [-0.05, 0) is 93.3 Å². The first-order valence-electron chi connectivity index (χ1n) is 14.6. The second-order valence-corrected chi connectivity index (χ2v) is 11.3. The number of nitrogens with one attached hydrogen (secondary N) is 1. The predicted molar refractivity (Wildman–Crippen MR) is 164 cm³/mol. The molecule has 0 saturated carbocycles. The van der Waals surface area contributed by atoms with Gasteiger partial charge in [-0.3, -0.25) is 10.1 Å². The summed E-state index contributed by atoms with van der Waals surface area (Å²) in [7, 11) is 0. The molecule has 0 spiro atoms. The van der Waals surface area contributed by atoms with E-state index in [0.29, 0.717) is 29.2 Å². The van der Waals surface area contributed by atoms with Gasteiger partial charge in [-0.2, -0.15) is 0 Å². The predicted octanol–water partition coefficient (Wildman–Crippen LogP) is 6.37. The summed E-state index contributed by atoms with van der Waals surface area (Å²) in [5, 5.41) is 13.7. The van der Waals surface area contributed by atoms with Gasteiger partial charge in [0.25, 0.3) is 0 Å². The van der Waals surface area contributed by atoms with E-state index in [9.17, 15) is 14.7 Å². The molecule has 0 bridgehead atoms. The molecule has 0 aromatic heterocycles. The smallest absolute Gasteiger partial charge is 0.343 e. The number of anilines is 1. The third kappa shape index (κ3) is 11.2. The molecule has 3 rings (SSSR count). The van der Waals surface area contributed by atoms with Gasteiger partial charge in [0, 0.05) is 5.69 Å². The number of hydrogen-bond donors (Lipinski definition) is 3. The number of rotatable bonds is 15. The number of esters is 2. The Kier molecular flexibility index (Phi) is 12.4. The van der Waals surface area contributed by atoms with Crippen LogP contribution in [0.15, 0.2) is 72.8 Å². The van der Waals surface area contributed by atoms with E-state index in [2.05, 4.69) is 12.2 Å². The average Bonchev–Trinajstić information content (AvgIpc) is 2.95. The molecule has 4 N–H and O–H groups in total. The number of carbonyl (C=O) groups is 2. The standard InChI is InChI=1S/C34H44N2O6/c1-5-6-7-8-9-22-40-28-20-14-26(15-21-28)32(38)41-29-18-10-24(11-19-29)23-30(33(39)42-34(2,3)4)36-31(37)25-12-16-27(35)17-13-25/h10-21,30-31,36-37H,5-9,22-23,35H2,1-4H3. The van der Waals surface area contributed by atoms with Crippen molar-refractivity contribution in [3.8, 4) is 11.5 Å². The van der Waals surface area contributed by atoms with Crippen LogP contribution in [0.1, 0.15) is 87.5 Å². The van der Waals surface area contributed by atoms with E-state index in [4.69, 9.17) is 19.9 Å². The zero-order valence-electron chi connectivity index (χ0n) is 25.1. The molecule has 8 heteroatoms. The normalized spacial score (nSPS) is 12.8. The number of aliphatic hydroxyl groups excluding tert-OH is 1. The number of nitrogens with two attached hydrogens (primary N) is 1. The van der Waals surface area contributed by atoms with Gasteiger partial charge < -0.3 is 25.1 Å². The van der Waals surface area contributed by atoms with Crippen LogP contribution in [-0.2, 0) is 16.0 Å². The van der Waals surface area contributed by atoms with Gasteiger partial charge >= 0.3 is 11.9 Å². The van der Waals surface area contributed by atoms with Crippen molar-refractivity contribution in [3.05, 3.63) is 89.5 Å². The van der Waals surface area contributed by atoms with Gasteiger partial charge in [-0.25, -0.2) is 4.79 Å². The van der Waals surface area contributed by atoms with E-state index in [1.807, 2.05) is 0 Å². The van der Waals surface area contributed by atoms with Crippen molar-refractivity contribution in [2.75, 3.05) is 12.3 Å². The zero-order chi connectivity index (χ0) is 30.5. The lowest BCUT2D eigenvalue weighted by molar-refractivity contribution is -0.158. The Hall–Kier alpha value is -3.88. The van der Waals surface area contributed by atoms with Gasteiger partial charge in [0.15, 0.2) is 0 Å². The summed E-state index contributed by atoms with van der Waals surface area (Å²) in [6.45, 7) is 8.22. The minimum absolute atomic E-state index is 0.245. The van der Waals surface area contributed by atoms with Gasteiger partial charge in [-0.1, -0.05) is 56.9 Å². The number of hydrogen-bond acceptors (Lipinski definition) is 8. The molecule has 0 aliphatic heterocycles. The summed E-state index contributed by atoms with van der Waals surface area (Å²) in [5.74, 6) is 0.131. The number of ether oxygens (including phenoxy) is 3. The van der Waals surface area contributed by atoms with Crippen LogP contribution in [-0.4, -0.2) is 35.3 Å². The monoisotopic (exact) mass is 576 g/mol. The van der Waals surface area contributed by atoms with Crippen molar-refractivity contribution >= 4 is 17.6 Å². The largest absolute Gasteiger partial charge is 0.494 e. The molecule has 3 aromatic rings. The van der Waals surface area contributed by atoms with Crippen molar-refractivity contribution in [1.82, 2.24) is 5.32 Å². The van der Waals surface area contributed by atoms with Gasteiger partial charge in [0.05, 0.1) is 12.2 Å². The van der Waals surface area contributed by atoms with E-state index < -0.39 is 29.8 Å². The molecular formula is C34H44N2O6. The minimum atomic E-state index is -1.11. The fourth-order valence-corrected chi connectivity index (χ4v) is 4.23. The molecule has 8 nitrogen and oxygen atoms in total.